The molecular weight excluding hydrogens is 364 g/mol. The maximum Gasteiger partial charge on any atom is 0.342 e. The molecule has 0 atom stereocenters. The van der Waals surface area contributed by atoms with Crippen molar-refractivity contribution in [3.05, 3.63) is 47.5 Å². The zero-order valence-electron chi connectivity index (χ0n) is 14.8. The van der Waals surface area contributed by atoms with E-state index in [0.29, 0.717) is 5.75 Å². The van der Waals surface area contributed by atoms with Crippen molar-refractivity contribution < 1.29 is 37.3 Å². The zero-order valence-corrected chi connectivity index (χ0v) is 14.8. The van der Waals surface area contributed by atoms with E-state index in [2.05, 4.69) is 5.32 Å². The number of nitrogens with one attached hydrogen (secondary N) is 1. The summed E-state index contributed by atoms with van der Waals surface area (Å²) in [6.45, 7) is -0.644. The van der Waals surface area contributed by atoms with Gasteiger partial charge in [-0.05, 0) is 24.3 Å². The van der Waals surface area contributed by atoms with Crippen LogP contribution in [-0.2, 0) is 9.53 Å². The number of benzene rings is 2. The van der Waals surface area contributed by atoms with Gasteiger partial charge in [-0.15, -0.1) is 0 Å². The first-order chi connectivity index (χ1) is 12.9. The molecule has 2 aromatic rings. The van der Waals surface area contributed by atoms with Crippen LogP contribution >= 0.6 is 0 Å². The molecule has 0 saturated heterocycles. The van der Waals surface area contributed by atoms with Crippen molar-refractivity contribution in [2.75, 3.05) is 33.3 Å². The molecule has 0 aliphatic carbocycles. The largest absolute Gasteiger partial charge is 0.493 e. The van der Waals surface area contributed by atoms with E-state index in [-0.39, 0.29) is 22.7 Å². The Morgan fingerprint density at radius 2 is 1.63 bits per heavy atom. The molecular formula is C18H17F2NO6. The SMILES string of the molecule is COc1ccc(C(=O)OCC(=O)Nc2ccc(F)c(F)c2)c(OC)c1OC. The predicted octanol–water partition coefficient (Wildman–Crippen LogP) is 2.79. The third kappa shape index (κ3) is 4.63. The Labute approximate surface area is 153 Å². The van der Waals surface area contributed by atoms with Crippen molar-refractivity contribution in [2.24, 2.45) is 0 Å². The monoisotopic (exact) mass is 381 g/mol. The van der Waals surface area contributed by atoms with Crippen molar-refractivity contribution in [1.29, 1.82) is 0 Å². The first-order valence-electron chi connectivity index (χ1n) is 7.62. The fourth-order valence-electron chi connectivity index (χ4n) is 2.24. The van der Waals surface area contributed by atoms with Gasteiger partial charge in [-0.1, -0.05) is 0 Å². The highest BCUT2D eigenvalue weighted by Crippen LogP contribution is 2.39. The minimum Gasteiger partial charge on any atom is -0.493 e. The van der Waals surface area contributed by atoms with Gasteiger partial charge in [0.1, 0.15) is 5.56 Å². The standard InChI is InChI=1S/C18H17F2NO6/c1-24-14-7-5-11(16(25-2)17(14)26-3)18(23)27-9-15(22)21-10-4-6-12(19)13(20)8-10/h4-8H,9H2,1-3H3,(H,21,22). The number of methoxy groups -OCH3 is 3. The maximum atomic E-state index is 13.1. The third-order valence-electron chi connectivity index (χ3n) is 3.46. The van der Waals surface area contributed by atoms with Crippen LogP contribution < -0.4 is 19.5 Å². The van der Waals surface area contributed by atoms with Crippen LogP contribution in [0.2, 0.25) is 0 Å². The second-order valence-electron chi connectivity index (χ2n) is 5.14. The summed E-state index contributed by atoms with van der Waals surface area (Å²) in [5.41, 5.74) is 0.0504. The lowest BCUT2D eigenvalue weighted by Crippen LogP contribution is -2.21. The summed E-state index contributed by atoms with van der Waals surface area (Å²) < 4.78 is 46.4. The number of hydrogen-bond donors (Lipinski definition) is 1. The van der Waals surface area contributed by atoms with E-state index in [1.165, 1.54) is 39.5 Å². The minimum absolute atomic E-state index is 0.0239. The van der Waals surface area contributed by atoms with Gasteiger partial charge >= 0.3 is 5.97 Å². The van der Waals surface area contributed by atoms with E-state index >= 15 is 0 Å². The van der Waals surface area contributed by atoms with Crippen molar-refractivity contribution in [2.45, 2.75) is 0 Å². The third-order valence-corrected chi connectivity index (χ3v) is 3.46. The topological polar surface area (TPSA) is 83.1 Å². The average molecular weight is 381 g/mol. The first-order valence-corrected chi connectivity index (χ1v) is 7.62. The van der Waals surface area contributed by atoms with Gasteiger partial charge < -0.3 is 24.3 Å². The van der Waals surface area contributed by atoms with Gasteiger partial charge in [0.05, 0.1) is 21.3 Å². The van der Waals surface area contributed by atoms with E-state index in [1.807, 2.05) is 0 Å². The minimum atomic E-state index is -1.11. The average Bonchev–Trinajstić information content (AvgIpc) is 2.67. The molecule has 0 unspecified atom stereocenters. The molecule has 0 aliphatic rings. The van der Waals surface area contributed by atoms with Gasteiger partial charge in [0, 0.05) is 11.8 Å². The van der Waals surface area contributed by atoms with E-state index in [9.17, 15) is 18.4 Å². The van der Waals surface area contributed by atoms with Crippen LogP contribution in [0, 0.1) is 11.6 Å². The Bertz CT molecular complexity index is 856. The summed E-state index contributed by atoms with van der Waals surface area (Å²) in [4.78, 5) is 24.1. The molecule has 9 heteroatoms. The fraction of sp³-hybridized carbons (Fsp3) is 0.222. The van der Waals surface area contributed by atoms with Crippen LogP contribution in [0.25, 0.3) is 0 Å². The maximum absolute atomic E-state index is 13.1. The Morgan fingerprint density at radius 3 is 2.22 bits per heavy atom. The van der Waals surface area contributed by atoms with Gasteiger partial charge in [0.15, 0.2) is 29.7 Å². The summed E-state index contributed by atoms with van der Waals surface area (Å²) in [5, 5.41) is 2.29. The Kier molecular flexibility index (Phi) is 6.53. The first kappa shape index (κ1) is 20.0. The molecule has 27 heavy (non-hydrogen) atoms. The fourth-order valence-corrected chi connectivity index (χ4v) is 2.24. The second kappa shape index (κ2) is 8.84. The molecule has 144 valence electrons. The number of ether oxygens (including phenoxy) is 4. The second-order valence-corrected chi connectivity index (χ2v) is 5.14. The van der Waals surface area contributed by atoms with E-state index < -0.39 is 30.1 Å². The van der Waals surface area contributed by atoms with Crippen LogP contribution in [0.5, 0.6) is 17.2 Å². The highest BCUT2D eigenvalue weighted by atomic mass is 19.2. The van der Waals surface area contributed by atoms with Crippen LogP contribution in [0.4, 0.5) is 14.5 Å². The highest BCUT2D eigenvalue weighted by molar-refractivity contribution is 5.97. The molecule has 2 rings (SSSR count). The molecule has 0 aliphatic heterocycles. The zero-order chi connectivity index (χ0) is 20.0. The smallest absolute Gasteiger partial charge is 0.342 e. The van der Waals surface area contributed by atoms with Crippen LogP contribution in [0.1, 0.15) is 10.4 Å². The number of carbonyl (C=O) groups is 2. The highest BCUT2D eigenvalue weighted by Gasteiger charge is 2.22. The van der Waals surface area contributed by atoms with E-state index in [1.54, 1.807) is 0 Å². The number of anilines is 1. The number of hydrogen-bond acceptors (Lipinski definition) is 6. The molecule has 0 spiro atoms. The number of halogens is 2. The Morgan fingerprint density at radius 1 is 0.926 bits per heavy atom. The predicted molar refractivity (Wildman–Crippen MR) is 91.4 cm³/mol. The quantitative estimate of drug-likeness (QED) is 0.743. The molecule has 2 aromatic carbocycles. The number of amides is 1. The number of rotatable bonds is 7. The van der Waals surface area contributed by atoms with Gasteiger partial charge in [-0.2, -0.15) is 0 Å². The van der Waals surface area contributed by atoms with Gasteiger partial charge in [0.2, 0.25) is 5.75 Å². The lowest BCUT2D eigenvalue weighted by Gasteiger charge is -2.15. The van der Waals surface area contributed by atoms with Gasteiger partial charge in [0.25, 0.3) is 5.91 Å². The Hall–Kier alpha value is -3.36. The number of esters is 1. The molecule has 0 bridgehead atoms. The lowest BCUT2D eigenvalue weighted by molar-refractivity contribution is -0.119. The molecule has 0 fully saturated rings. The molecule has 0 aromatic heterocycles. The Balaban J connectivity index is 2.06. The molecule has 0 radical (unpaired) electrons. The number of carbonyl (C=O) groups excluding carboxylic acids is 2. The molecule has 1 N–H and O–H groups in total. The van der Waals surface area contributed by atoms with Crippen LogP contribution in [0.3, 0.4) is 0 Å². The lowest BCUT2D eigenvalue weighted by atomic mass is 10.1. The molecule has 7 nitrogen and oxygen atoms in total. The van der Waals surface area contributed by atoms with Crippen molar-refractivity contribution in [1.82, 2.24) is 0 Å². The molecule has 1 amide bonds. The summed E-state index contributed by atoms with van der Waals surface area (Å²) in [6.07, 6.45) is 0. The molecule has 0 saturated carbocycles. The summed E-state index contributed by atoms with van der Waals surface area (Å²) >= 11 is 0. The van der Waals surface area contributed by atoms with E-state index in [0.717, 1.165) is 12.1 Å². The van der Waals surface area contributed by atoms with Crippen LogP contribution in [-0.4, -0.2) is 39.8 Å². The van der Waals surface area contributed by atoms with E-state index in [4.69, 9.17) is 18.9 Å². The van der Waals surface area contributed by atoms with Gasteiger partial charge in [-0.3, -0.25) is 4.79 Å². The van der Waals surface area contributed by atoms with Crippen molar-refractivity contribution in [3.8, 4) is 17.2 Å². The van der Waals surface area contributed by atoms with Crippen molar-refractivity contribution in [3.63, 3.8) is 0 Å². The molecule has 0 heterocycles. The summed E-state index contributed by atoms with van der Waals surface area (Å²) in [7, 11) is 4.15. The van der Waals surface area contributed by atoms with Gasteiger partial charge in [-0.25, -0.2) is 13.6 Å². The van der Waals surface area contributed by atoms with Crippen LogP contribution in [0.15, 0.2) is 30.3 Å². The summed E-state index contributed by atoms with van der Waals surface area (Å²) in [6, 6.07) is 5.74. The van der Waals surface area contributed by atoms with Crippen molar-refractivity contribution >= 4 is 17.6 Å². The summed E-state index contributed by atoms with van der Waals surface area (Å²) in [5.74, 6) is -3.09. The normalized spacial score (nSPS) is 10.1.